The highest BCUT2D eigenvalue weighted by Gasteiger charge is 2.24. The Kier molecular flexibility index (Phi) is 6.20. The van der Waals surface area contributed by atoms with Gasteiger partial charge in [0.2, 0.25) is 0 Å². The smallest absolute Gasteiger partial charge is 0.189 e. The second kappa shape index (κ2) is 8.39. The van der Waals surface area contributed by atoms with Crippen LogP contribution < -0.4 is 5.32 Å². The molecule has 0 unspecified atom stereocenters. The number of halogens is 1. The first kappa shape index (κ1) is 18.5. The van der Waals surface area contributed by atoms with Crippen LogP contribution in [0.1, 0.15) is 35.2 Å². The zero-order valence-corrected chi connectivity index (χ0v) is 15.8. The number of aliphatic hydroxyl groups excluding tert-OH is 1. The summed E-state index contributed by atoms with van der Waals surface area (Å²) in [5, 5.41) is 13.6. The fourth-order valence-electron chi connectivity index (χ4n) is 3.75. The van der Waals surface area contributed by atoms with Crippen LogP contribution in [0, 0.1) is 0 Å². The van der Waals surface area contributed by atoms with E-state index in [9.17, 15) is 0 Å². The van der Waals surface area contributed by atoms with Gasteiger partial charge in [0.25, 0.3) is 0 Å². The van der Waals surface area contributed by atoms with Gasteiger partial charge in [-0.05, 0) is 49.7 Å². The van der Waals surface area contributed by atoms with E-state index in [4.69, 9.17) is 15.1 Å². The summed E-state index contributed by atoms with van der Waals surface area (Å²) in [6.45, 7) is 0.159. The lowest BCUT2D eigenvalue weighted by atomic mass is 9.96. The number of thioether (sulfide) groups is 1. The Labute approximate surface area is 159 Å². The molecule has 0 saturated carbocycles. The lowest BCUT2D eigenvalue weighted by molar-refractivity contribution is 0.322. The van der Waals surface area contributed by atoms with Gasteiger partial charge in [-0.2, -0.15) is 0 Å². The summed E-state index contributed by atoms with van der Waals surface area (Å²) in [5.74, 6) is 1.67. The van der Waals surface area contributed by atoms with Gasteiger partial charge < -0.3 is 10.4 Å². The van der Waals surface area contributed by atoms with Crippen LogP contribution in [0.5, 0.6) is 0 Å². The van der Waals surface area contributed by atoms with E-state index in [0.717, 1.165) is 36.7 Å². The van der Waals surface area contributed by atoms with Gasteiger partial charge in [-0.1, -0.05) is 36.0 Å². The Hall–Kier alpha value is -1.30. The van der Waals surface area contributed by atoms with E-state index in [0.29, 0.717) is 11.8 Å². The van der Waals surface area contributed by atoms with Crippen LogP contribution >= 0.6 is 24.2 Å². The van der Waals surface area contributed by atoms with Crippen molar-refractivity contribution in [1.29, 1.82) is 0 Å². The normalized spacial score (nSPS) is 16.0. The molecule has 0 radical (unpaired) electrons. The van der Waals surface area contributed by atoms with Crippen molar-refractivity contribution in [2.75, 3.05) is 17.7 Å². The van der Waals surface area contributed by atoms with E-state index in [1.807, 2.05) is 0 Å². The molecular weight excluding hydrogens is 354 g/mol. The van der Waals surface area contributed by atoms with Crippen molar-refractivity contribution in [3.63, 3.8) is 0 Å². The van der Waals surface area contributed by atoms with Gasteiger partial charge in [-0.15, -0.1) is 12.4 Å². The lowest BCUT2D eigenvalue weighted by Crippen LogP contribution is -2.23. The lowest BCUT2D eigenvalue weighted by Gasteiger charge is -2.22. The standard InChI is InChI=1S/C19H23N3OS.ClH/c23-9-10-24-19-21-17-8-4-3-7-16(17)18(22-19)20-15-11-13-5-1-2-6-14(13)12-15;/h1-2,5-6,15,23H,3-4,7-12H2,(H,20,21,22);1H. The maximum Gasteiger partial charge on any atom is 0.189 e. The van der Waals surface area contributed by atoms with Crippen molar-refractivity contribution in [2.45, 2.75) is 49.7 Å². The number of aromatic nitrogens is 2. The third-order valence-electron chi connectivity index (χ3n) is 4.88. The quantitative estimate of drug-likeness (QED) is 0.617. The first-order valence-corrected chi connectivity index (χ1v) is 9.79. The molecular formula is C19H24ClN3OS. The molecule has 6 heteroatoms. The molecule has 4 rings (SSSR count). The predicted molar refractivity (Wildman–Crippen MR) is 105 cm³/mol. The summed E-state index contributed by atoms with van der Waals surface area (Å²) in [6, 6.07) is 9.12. The minimum Gasteiger partial charge on any atom is -0.396 e. The zero-order valence-electron chi connectivity index (χ0n) is 14.2. The van der Waals surface area contributed by atoms with Crippen molar-refractivity contribution in [3.8, 4) is 0 Å². The minimum absolute atomic E-state index is 0. The summed E-state index contributed by atoms with van der Waals surface area (Å²) in [7, 11) is 0. The second-order valence-electron chi connectivity index (χ2n) is 6.58. The highest BCUT2D eigenvalue weighted by Crippen LogP contribution is 2.30. The molecule has 0 atom stereocenters. The molecule has 25 heavy (non-hydrogen) atoms. The van der Waals surface area contributed by atoms with Crippen LogP contribution in [-0.2, 0) is 25.7 Å². The Morgan fingerprint density at radius 3 is 2.52 bits per heavy atom. The average Bonchev–Trinajstić information content (AvgIpc) is 3.02. The van der Waals surface area contributed by atoms with Crippen molar-refractivity contribution in [2.24, 2.45) is 0 Å². The first-order valence-electron chi connectivity index (χ1n) is 8.80. The molecule has 0 spiro atoms. The highest BCUT2D eigenvalue weighted by molar-refractivity contribution is 7.99. The number of hydrogen-bond acceptors (Lipinski definition) is 5. The highest BCUT2D eigenvalue weighted by atomic mass is 35.5. The van der Waals surface area contributed by atoms with Crippen LogP contribution in [-0.4, -0.2) is 33.5 Å². The summed E-state index contributed by atoms with van der Waals surface area (Å²) in [5.41, 5.74) is 5.42. The summed E-state index contributed by atoms with van der Waals surface area (Å²) < 4.78 is 0. The maximum atomic E-state index is 9.07. The molecule has 2 aromatic rings. The average molecular weight is 378 g/mol. The van der Waals surface area contributed by atoms with E-state index in [1.54, 1.807) is 11.8 Å². The van der Waals surface area contributed by atoms with E-state index in [1.165, 1.54) is 35.2 Å². The number of fused-ring (bicyclic) bond motifs is 2. The maximum absolute atomic E-state index is 9.07. The molecule has 2 N–H and O–H groups in total. The molecule has 4 nitrogen and oxygen atoms in total. The number of aryl methyl sites for hydroxylation is 1. The summed E-state index contributed by atoms with van der Waals surface area (Å²) >= 11 is 1.54. The van der Waals surface area contributed by atoms with E-state index < -0.39 is 0 Å². The molecule has 2 aliphatic rings. The molecule has 2 aliphatic carbocycles. The minimum atomic E-state index is 0. The Bertz CT molecular complexity index is 716. The van der Waals surface area contributed by atoms with Gasteiger partial charge in [-0.3, -0.25) is 0 Å². The van der Waals surface area contributed by atoms with Gasteiger partial charge in [0.05, 0.1) is 12.3 Å². The molecule has 0 bridgehead atoms. The Morgan fingerprint density at radius 1 is 1.08 bits per heavy atom. The number of hydrogen-bond donors (Lipinski definition) is 2. The fraction of sp³-hybridized carbons (Fsp3) is 0.474. The topological polar surface area (TPSA) is 58.0 Å². The molecule has 1 heterocycles. The third kappa shape index (κ3) is 4.10. The molecule has 1 aromatic carbocycles. The van der Waals surface area contributed by atoms with Crippen LogP contribution in [0.15, 0.2) is 29.4 Å². The Balaban J connectivity index is 0.00000182. The fourth-order valence-corrected chi connectivity index (χ4v) is 4.35. The van der Waals surface area contributed by atoms with Crippen LogP contribution in [0.25, 0.3) is 0 Å². The van der Waals surface area contributed by atoms with Crippen LogP contribution in [0.3, 0.4) is 0 Å². The van der Waals surface area contributed by atoms with Gasteiger partial charge in [0.1, 0.15) is 5.82 Å². The van der Waals surface area contributed by atoms with Crippen molar-refractivity contribution in [3.05, 3.63) is 46.6 Å². The van der Waals surface area contributed by atoms with Crippen molar-refractivity contribution < 1.29 is 5.11 Å². The van der Waals surface area contributed by atoms with E-state index >= 15 is 0 Å². The number of nitrogens with zero attached hydrogens (tertiary/aromatic N) is 2. The van der Waals surface area contributed by atoms with Gasteiger partial charge in [-0.25, -0.2) is 9.97 Å². The van der Waals surface area contributed by atoms with Crippen molar-refractivity contribution >= 4 is 30.0 Å². The van der Waals surface area contributed by atoms with Crippen molar-refractivity contribution in [1.82, 2.24) is 9.97 Å². The number of nitrogens with one attached hydrogen (secondary N) is 1. The molecule has 0 fully saturated rings. The Morgan fingerprint density at radius 2 is 1.80 bits per heavy atom. The van der Waals surface area contributed by atoms with Gasteiger partial charge >= 0.3 is 0 Å². The summed E-state index contributed by atoms with van der Waals surface area (Å²) in [4.78, 5) is 9.51. The molecule has 1 aromatic heterocycles. The monoisotopic (exact) mass is 377 g/mol. The summed E-state index contributed by atoms with van der Waals surface area (Å²) in [6.07, 6.45) is 6.68. The predicted octanol–water partition coefficient (Wildman–Crippen LogP) is 3.44. The van der Waals surface area contributed by atoms with E-state index in [-0.39, 0.29) is 19.0 Å². The largest absolute Gasteiger partial charge is 0.396 e. The number of aliphatic hydroxyl groups is 1. The third-order valence-corrected chi connectivity index (χ3v) is 5.70. The van der Waals surface area contributed by atoms with Gasteiger partial charge in [0, 0.05) is 17.4 Å². The first-order chi connectivity index (χ1) is 11.8. The number of rotatable bonds is 5. The SMILES string of the molecule is Cl.OCCSc1nc2c(c(NC3Cc4ccccc4C3)n1)CCCC2. The molecule has 0 aliphatic heterocycles. The number of anilines is 1. The number of benzene rings is 1. The zero-order chi connectivity index (χ0) is 16.4. The molecule has 134 valence electrons. The van der Waals surface area contributed by atoms with Gasteiger partial charge in [0.15, 0.2) is 5.16 Å². The second-order valence-corrected chi connectivity index (χ2v) is 7.64. The van der Waals surface area contributed by atoms with Crippen LogP contribution in [0.2, 0.25) is 0 Å². The van der Waals surface area contributed by atoms with Crippen LogP contribution in [0.4, 0.5) is 5.82 Å². The molecule has 0 saturated heterocycles. The van der Waals surface area contributed by atoms with E-state index in [2.05, 4.69) is 29.6 Å². The molecule has 0 amide bonds.